The van der Waals surface area contributed by atoms with E-state index in [2.05, 4.69) is 15.3 Å². The van der Waals surface area contributed by atoms with Gasteiger partial charge in [-0.3, -0.25) is 9.78 Å². The minimum absolute atomic E-state index is 0.0803. The summed E-state index contributed by atoms with van der Waals surface area (Å²) in [5.74, 6) is -4.96. The molecule has 0 spiro atoms. The van der Waals surface area contributed by atoms with Crippen LogP contribution in [0.5, 0.6) is 5.75 Å². The molecule has 0 radical (unpaired) electrons. The molecule has 0 aliphatic heterocycles. The fourth-order valence-electron chi connectivity index (χ4n) is 4.49. The lowest BCUT2D eigenvalue weighted by Gasteiger charge is -2.35. The van der Waals surface area contributed by atoms with Crippen molar-refractivity contribution in [2.75, 3.05) is 0 Å². The third-order valence-corrected chi connectivity index (χ3v) is 6.24. The second-order valence-electron chi connectivity index (χ2n) is 8.88. The molecule has 1 aromatic heterocycles. The molecule has 172 valence electrons. The largest absolute Gasteiger partial charge is 0.490 e. The van der Waals surface area contributed by atoms with Crippen molar-refractivity contribution in [1.82, 2.24) is 15.3 Å². The van der Waals surface area contributed by atoms with E-state index in [1.807, 2.05) is 0 Å². The summed E-state index contributed by atoms with van der Waals surface area (Å²) in [5, 5.41) is 2.45. The first kappa shape index (κ1) is 22.5. The topological polar surface area (TPSA) is 64.1 Å². The van der Waals surface area contributed by atoms with Crippen LogP contribution in [0.25, 0.3) is 0 Å². The number of ether oxygens (including phenoxy) is 1. The molecule has 0 saturated heterocycles. The van der Waals surface area contributed by atoms with Crippen molar-refractivity contribution in [3.8, 4) is 5.75 Å². The summed E-state index contributed by atoms with van der Waals surface area (Å²) in [4.78, 5) is 21.0. The van der Waals surface area contributed by atoms with Crippen molar-refractivity contribution in [2.24, 2.45) is 11.8 Å². The van der Waals surface area contributed by atoms with Crippen molar-refractivity contribution in [3.63, 3.8) is 0 Å². The van der Waals surface area contributed by atoms with E-state index in [0.717, 1.165) is 31.4 Å². The number of amides is 1. The summed E-state index contributed by atoms with van der Waals surface area (Å²) in [6.07, 6.45) is 5.47. The van der Waals surface area contributed by atoms with Crippen LogP contribution in [0.2, 0.25) is 0 Å². The third kappa shape index (κ3) is 5.02. The number of alkyl halides is 2. The number of carbonyl (C=O) groups is 1. The Hall–Kier alpha value is -2.71. The molecule has 2 aromatic rings. The average molecular weight is 451 g/mol. The van der Waals surface area contributed by atoms with Gasteiger partial charge >= 0.3 is 0 Å². The number of hydrogen-bond donors (Lipinski definition) is 1. The summed E-state index contributed by atoms with van der Waals surface area (Å²) >= 11 is 0. The Morgan fingerprint density at radius 3 is 2.59 bits per heavy atom. The number of hydrogen-bond acceptors (Lipinski definition) is 4. The van der Waals surface area contributed by atoms with E-state index in [1.165, 1.54) is 18.5 Å². The van der Waals surface area contributed by atoms with Gasteiger partial charge in [0.05, 0.1) is 17.8 Å². The van der Waals surface area contributed by atoms with Gasteiger partial charge < -0.3 is 10.1 Å². The van der Waals surface area contributed by atoms with Gasteiger partial charge in [-0.1, -0.05) is 6.92 Å². The van der Waals surface area contributed by atoms with Crippen LogP contribution in [0.15, 0.2) is 30.6 Å². The van der Waals surface area contributed by atoms with Crippen LogP contribution in [0.4, 0.5) is 17.6 Å². The zero-order valence-corrected chi connectivity index (χ0v) is 17.7. The summed E-state index contributed by atoms with van der Waals surface area (Å²) in [6.45, 7) is 1.75. The van der Waals surface area contributed by atoms with Crippen molar-refractivity contribution < 1.29 is 27.1 Å². The van der Waals surface area contributed by atoms with E-state index in [9.17, 15) is 22.4 Å². The molecule has 2 aliphatic carbocycles. The lowest BCUT2D eigenvalue weighted by molar-refractivity contribution is -0.0187. The predicted molar refractivity (Wildman–Crippen MR) is 108 cm³/mol. The Bertz CT molecular complexity index is 981. The molecular formula is C23H25F4N3O2. The third-order valence-electron chi connectivity index (χ3n) is 6.24. The summed E-state index contributed by atoms with van der Waals surface area (Å²) < 4.78 is 60.1. The molecule has 1 N–H and O–H groups in total. The highest BCUT2D eigenvalue weighted by molar-refractivity contribution is 5.93. The molecule has 1 amide bonds. The lowest BCUT2D eigenvalue weighted by Crippen LogP contribution is -2.44. The minimum Gasteiger partial charge on any atom is -0.490 e. The van der Waals surface area contributed by atoms with Gasteiger partial charge in [0.2, 0.25) is 0 Å². The van der Waals surface area contributed by atoms with Crippen LogP contribution in [0, 0.1) is 23.5 Å². The molecule has 2 saturated carbocycles. The summed E-state index contributed by atoms with van der Waals surface area (Å²) in [7, 11) is 0. The minimum atomic E-state index is -2.92. The van der Waals surface area contributed by atoms with Gasteiger partial charge in [0, 0.05) is 24.9 Å². The molecule has 1 heterocycles. The van der Waals surface area contributed by atoms with E-state index in [0.29, 0.717) is 23.8 Å². The maximum absolute atomic E-state index is 14.1. The molecule has 9 heteroatoms. The number of aryl methyl sites for hydroxylation is 1. The number of halogens is 4. The van der Waals surface area contributed by atoms with Gasteiger partial charge in [-0.2, -0.15) is 0 Å². The Kier molecular flexibility index (Phi) is 6.35. The molecule has 2 aliphatic rings. The molecule has 1 aromatic carbocycles. The fraction of sp³-hybridized carbons (Fsp3) is 0.522. The first-order chi connectivity index (χ1) is 15.2. The quantitative estimate of drug-likeness (QED) is 0.620. The summed E-state index contributed by atoms with van der Waals surface area (Å²) in [6, 6.07) is 2.26. The molecule has 32 heavy (non-hydrogen) atoms. The first-order valence-corrected chi connectivity index (χ1v) is 10.8. The van der Waals surface area contributed by atoms with Gasteiger partial charge in [-0.25, -0.2) is 22.5 Å². The van der Waals surface area contributed by atoms with Crippen molar-refractivity contribution in [3.05, 3.63) is 53.6 Å². The highest BCUT2D eigenvalue weighted by Crippen LogP contribution is 2.39. The number of aromatic nitrogens is 2. The van der Waals surface area contributed by atoms with E-state index in [1.54, 1.807) is 6.92 Å². The molecule has 2 fully saturated rings. The Morgan fingerprint density at radius 2 is 1.91 bits per heavy atom. The normalized spacial score (nSPS) is 26.4. The number of benzene rings is 1. The van der Waals surface area contributed by atoms with Crippen LogP contribution in [-0.2, 0) is 6.42 Å². The SMILES string of the molecule is CC1CC(NC(=O)c2nccnc2CCC2CC(Oc3ccc(F)c(F)c3)C2)C(F)(F)C1. The van der Waals surface area contributed by atoms with Crippen LogP contribution < -0.4 is 10.1 Å². The second-order valence-corrected chi connectivity index (χ2v) is 8.88. The highest BCUT2D eigenvalue weighted by atomic mass is 19.3. The average Bonchev–Trinajstić information content (AvgIpc) is 2.97. The predicted octanol–water partition coefficient (Wildman–Crippen LogP) is 4.71. The van der Waals surface area contributed by atoms with Crippen molar-refractivity contribution in [1.29, 1.82) is 0 Å². The number of carbonyl (C=O) groups excluding carboxylic acids is 1. The standard InChI is InChI=1S/C23H25F4N3O2/c1-13-8-20(23(26,27)12-13)30-22(31)21-19(28-6-7-29-21)5-2-14-9-16(10-14)32-15-3-4-17(24)18(25)11-15/h3-4,6-7,11,13-14,16,20H,2,5,8-10,12H2,1H3,(H,30,31). The van der Waals surface area contributed by atoms with E-state index in [4.69, 9.17) is 4.74 Å². The molecule has 2 unspecified atom stereocenters. The maximum Gasteiger partial charge on any atom is 0.272 e. The molecule has 4 rings (SSSR count). The fourth-order valence-corrected chi connectivity index (χ4v) is 4.49. The van der Waals surface area contributed by atoms with Crippen LogP contribution >= 0.6 is 0 Å². The zero-order valence-electron chi connectivity index (χ0n) is 17.7. The van der Waals surface area contributed by atoms with E-state index >= 15 is 0 Å². The summed E-state index contributed by atoms with van der Waals surface area (Å²) in [5.41, 5.74) is 0.557. The zero-order chi connectivity index (χ0) is 22.9. The van der Waals surface area contributed by atoms with Gasteiger partial charge in [0.25, 0.3) is 11.8 Å². The van der Waals surface area contributed by atoms with Gasteiger partial charge in [-0.05, 0) is 56.1 Å². The van der Waals surface area contributed by atoms with E-state index in [-0.39, 0.29) is 30.6 Å². The molecule has 5 nitrogen and oxygen atoms in total. The second kappa shape index (κ2) is 9.03. The Morgan fingerprint density at radius 1 is 1.16 bits per heavy atom. The van der Waals surface area contributed by atoms with Gasteiger partial charge in [0.15, 0.2) is 11.6 Å². The Labute approximate surface area is 183 Å². The highest BCUT2D eigenvalue weighted by Gasteiger charge is 2.48. The van der Waals surface area contributed by atoms with Gasteiger partial charge in [-0.15, -0.1) is 0 Å². The number of rotatable bonds is 7. The van der Waals surface area contributed by atoms with Crippen molar-refractivity contribution >= 4 is 5.91 Å². The van der Waals surface area contributed by atoms with E-state index < -0.39 is 29.5 Å². The van der Waals surface area contributed by atoms with Crippen molar-refractivity contribution in [2.45, 2.75) is 63.5 Å². The maximum atomic E-state index is 14.1. The molecule has 0 bridgehead atoms. The monoisotopic (exact) mass is 451 g/mol. The Balaban J connectivity index is 1.29. The van der Waals surface area contributed by atoms with Crippen LogP contribution in [-0.4, -0.2) is 33.9 Å². The van der Waals surface area contributed by atoms with Crippen LogP contribution in [0.3, 0.4) is 0 Å². The van der Waals surface area contributed by atoms with Gasteiger partial charge in [0.1, 0.15) is 11.4 Å². The first-order valence-electron chi connectivity index (χ1n) is 10.8. The van der Waals surface area contributed by atoms with Crippen LogP contribution in [0.1, 0.15) is 55.2 Å². The lowest BCUT2D eigenvalue weighted by atomic mass is 9.79. The molecule has 2 atom stereocenters. The number of nitrogens with zero attached hydrogens (tertiary/aromatic N) is 2. The molecular weight excluding hydrogens is 426 g/mol. The number of nitrogens with one attached hydrogen (secondary N) is 1. The smallest absolute Gasteiger partial charge is 0.272 e.